The molecule has 1 aromatic carbocycles. The highest BCUT2D eigenvalue weighted by atomic mass is 31.1. The maximum Gasteiger partial charge on any atom is 0.197 e. The Labute approximate surface area is 151 Å². The first kappa shape index (κ1) is 21.5. The molecule has 0 bridgehead atoms. The summed E-state index contributed by atoms with van der Waals surface area (Å²) in [7, 11) is 0.942. The van der Waals surface area contributed by atoms with Crippen LogP contribution in [0.2, 0.25) is 0 Å². The van der Waals surface area contributed by atoms with E-state index in [0.717, 1.165) is 33.1 Å². The Morgan fingerprint density at radius 2 is 1.71 bits per heavy atom. The predicted molar refractivity (Wildman–Crippen MR) is 108 cm³/mol. The lowest BCUT2D eigenvalue weighted by Crippen LogP contribution is -2.24. The van der Waals surface area contributed by atoms with E-state index in [9.17, 15) is 0 Å². The normalized spacial score (nSPS) is 15.8. The summed E-state index contributed by atoms with van der Waals surface area (Å²) in [5.74, 6) is 1.64. The molecule has 0 saturated carbocycles. The van der Waals surface area contributed by atoms with Gasteiger partial charge in [0, 0.05) is 5.66 Å². The third kappa shape index (κ3) is 7.99. The molecule has 138 valence electrons. The lowest BCUT2D eigenvalue weighted by atomic mass is 10.0. The van der Waals surface area contributed by atoms with E-state index in [2.05, 4.69) is 58.6 Å². The predicted octanol–water partition coefficient (Wildman–Crippen LogP) is 6.79. The third-order valence-electron chi connectivity index (χ3n) is 4.36. The molecule has 0 aliphatic heterocycles. The topological polar surface area (TPSA) is 18.5 Å². The second-order valence-electron chi connectivity index (χ2n) is 7.03. The summed E-state index contributed by atoms with van der Waals surface area (Å²) in [6.45, 7) is 13.3. The molecule has 4 atom stereocenters. The number of benzene rings is 1. The fourth-order valence-corrected chi connectivity index (χ4v) is 4.19. The van der Waals surface area contributed by atoms with Crippen molar-refractivity contribution in [1.82, 2.24) is 0 Å². The van der Waals surface area contributed by atoms with E-state index in [-0.39, 0.29) is 6.29 Å². The Morgan fingerprint density at radius 1 is 1.04 bits per heavy atom. The molecule has 1 rings (SSSR count). The molecular formula is C21H37O2P. The summed E-state index contributed by atoms with van der Waals surface area (Å²) in [5.41, 5.74) is 2.10. The monoisotopic (exact) mass is 352 g/mol. The highest BCUT2D eigenvalue weighted by Crippen LogP contribution is 2.37. The third-order valence-corrected chi connectivity index (χ3v) is 5.63. The van der Waals surface area contributed by atoms with Gasteiger partial charge in [0.15, 0.2) is 6.29 Å². The van der Waals surface area contributed by atoms with Crippen molar-refractivity contribution in [3.05, 3.63) is 29.8 Å². The van der Waals surface area contributed by atoms with Crippen LogP contribution in [0, 0.1) is 5.92 Å². The SMILES string of the molecule is CCCCC(CC)OC(C)Oc1ccc(C(CC(C)C)PC)cc1. The molecule has 0 spiro atoms. The molecule has 1 aromatic rings. The van der Waals surface area contributed by atoms with E-state index in [1.54, 1.807) is 0 Å². The quantitative estimate of drug-likeness (QED) is 0.304. The van der Waals surface area contributed by atoms with Crippen molar-refractivity contribution in [3.63, 3.8) is 0 Å². The molecular weight excluding hydrogens is 315 g/mol. The van der Waals surface area contributed by atoms with Crippen molar-refractivity contribution in [2.24, 2.45) is 5.92 Å². The van der Waals surface area contributed by atoms with Crippen LogP contribution in [-0.2, 0) is 4.74 Å². The number of hydrogen-bond acceptors (Lipinski definition) is 2. The molecule has 0 aliphatic carbocycles. The molecule has 0 radical (unpaired) electrons. The van der Waals surface area contributed by atoms with Crippen LogP contribution in [-0.4, -0.2) is 19.1 Å². The van der Waals surface area contributed by atoms with Gasteiger partial charge in [-0.3, -0.25) is 0 Å². The lowest BCUT2D eigenvalue weighted by molar-refractivity contribution is -0.111. The van der Waals surface area contributed by atoms with Crippen molar-refractivity contribution >= 4 is 8.58 Å². The van der Waals surface area contributed by atoms with Crippen LogP contribution in [0.1, 0.15) is 77.9 Å². The molecule has 2 nitrogen and oxygen atoms in total. The first-order valence-electron chi connectivity index (χ1n) is 9.59. The van der Waals surface area contributed by atoms with Crippen LogP contribution < -0.4 is 4.74 Å². The summed E-state index contributed by atoms with van der Waals surface area (Å²) >= 11 is 0. The molecule has 4 unspecified atom stereocenters. The largest absolute Gasteiger partial charge is 0.465 e. The smallest absolute Gasteiger partial charge is 0.197 e. The van der Waals surface area contributed by atoms with Crippen LogP contribution in [0.5, 0.6) is 5.75 Å². The zero-order chi connectivity index (χ0) is 17.9. The highest BCUT2D eigenvalue weighted by molar-refractivity contribution is 7.37. The van der Waals surface area contributed by atoms with Gasteiger partial charge >= 0.3 is 0 Å². The van der Waals surface area contributed by atoms with Gasteiger partial charge in [-0.2, -0.15) is 0 Å². The molecule has 0 amide bonds. The summed E-state index contributed by atoms with van der Waals surface area (Å²) in [5, 5.41) is 0. The fourth-order valence-electron chi connectivity index (χ4n) is 2.96. The number of ether oxygens (including phenoxy) is 2. The Bertz CT molecular complexity index is 430. The lowest BCUT2D eigenvalue weighted by Gasteiger charge is -2.23. The van der Waals surface area contributed by atoms with Crippen molar-refractivity contribution in [2.45, 2.75) is 84.8 Å². The number of rotatable bonds is 12. The summed E-state index contributed by atoms with van der Waals surface area (Å²) < 4.78 is 12.0. The van der Waals surface area contributed by atoms with Gasteiger partial charge in [-0.15, -0.1) is 8.58 Å². The van der Waals surface area contributed by atoms with E-state index in [0.29, 0.717) is 11.8 Å². The Balaban J connectivity index is 2.56. The summed E-state index contributed by atoms with van der Waals surface area (Å²) in [4.78, 5) is 0. The summed E-state index contributed by atoms with van der Waals surface area (Å²) in [6, 6.07) is 8.63. The molecule has 0 aromatic heterocycles. The van der Waals surface area contributed by atoms with Crippen LogP contribution in [0.15, 0.2) is 24.3 Å². The number of hydrogen-bond donors (Lipinski definition) is 0. The van der Waals surface area contributed by atoms with Crippen molar-refractivity contribution in [1.29, 1.82) is 0 Å². The van der Waals surface area contributed by atoms with Crippen molar-refractivity contribution in [3.8, 4) is 5.75 Å². The first-order chi connectivity index (χ1) is 11.5. The molecule has 3 heteroatoms. The average molecular weight is 352 g/mol. The Morgan fingerprint density at radius 3 is 2.21 bits per heavy atom. The fraction of sp³-hybridized carbons (Fsp3) is 0.714. The van der Waals surface area contributed by atoms with Gasteiger partial charge in [0.1, 0.15) is 5.75 Å². The van der Waals surface area contributed by atoms with Gasteiger partial charge in [0.2, 0.25) is 0 Å². The summed E-state index contributed by atoms with van der Waals surface area (Å²) in [6.07, 6.45) is 5.95. The van der Waals surface area contributed by atoms with Crippen molar-refractivity contribution < 1.29 is 9.47 Å². The molecule has 24 heavy (non-hydrogen) atoms. The maximum atomic E-state index is 6.04. The van der Waals surface area contributed by atoms with E-state index < -0.39 is 0 Å². The first-order valence-corrected chi connectivity index (χ1v) is 11.2. The van der Waals surface area contributed by atoms with E-state index in [4.69, 9.17) is 9.47 Å². The van der Waals surface area contributed by atoms with Gasteiger partial charge in [-0.1, -0.05) is 52.7 Å². The second kappa shape index (κ2) is 11.9. The van der Waals surface area contributed by atoms with Crippen molar-refractivity contribution in [2.75, 3.05) is 6.66 Å². The molecule has 0 saturated heterocycles. The zero-order valence-corrected chi connectivity index (χ0v) is 17.5. The maximum absolute atomic E-state index is 6.04. The van der Waals surface area contributed by atoms with Crippen LogP contribution >= 0.6 is 8.58 Å². The molecule has 0 heterocycles. The number of unbranched alkanes of at least 4 members (excludes halogenated alkanes) is 1. The van der Waals surface area contributed by atoms with Gasteiger partial charge in [-0.25, -0.2) is 0 Å². The molecule has 0 aliphatic rings. The zero-order valence-electron chi connectivity index (χ0n) is 16.5. The molecule has 0 fully saturated rings. The van der Waals surface area contributed by atoms with Gasteiger partial charge in [0.25, 0.3) is 0 Å². The average Bonchev–Trinajstić information content (AvgIpc) is 2.57. The van der Waals surface area contributed by atoms with E-state index >= 15 is 0 Å². The Kier molecular flexibility index (Phi) is 10.6. The van der Waals surface area contributed by atoms with Crippen LogP contribution in [0.3, 0.4) is 0 Å². The van der Waals surface area contributed by atoms with E-state index in [1.807, 2.05) is 6.92 Å². The Hall–Kier alpha value is -0.590. The van der Waals surface area contributed by atoms with Crippen LogP contribution in [0.4, 0.5) is 0 Å². The standard InChI is InChI=1S/C21H37O2P/c1-7-9-10-19(8-2)22-17(5)23-20-13-11-18(12-14-20)21(24-6)15-16(3)4/h11-14,16-17,19,21,24H,7-10,15H2,1-6H3. The minimum absolute atomic E-state index is 0.197. The second-order valence-corrected chi connectivity index (χ2v) is 8.31. The van der Waals surface area contributed by atoms with Gasteiger partial charge in [0.05, 0.1) is 6.10 Å². The van der Waals surface area contributed by atoms with Gasteiger partial charge in [-0.05, 0) is 56.5 Å². The minimum Gasteiger partial charge on any atom is -0.465 e. The highest BCUT2D eigenvalue weighted by Gasteiger charge is 2.14. The van der Waals surface area contributed by atoms with Gasteiger partial charge < -0.3 is 9.47 Å². The minimum atomic E-state index is -0.197. The van der Waals surface area contributed by atoms with E-state index in [1.165, 1.54) is 24.8 Å². The van der Waals surface area contributed by atoms with Crippen LogP contribution in [0.25, 0.3) is 0 Å². The molecule has 0 N–H and O–H groups in total.